The smallest absolute Gasteiger partial charge is 0.141 e. The van der Waals surface area contributed by atoms with Crippen LogP contribution in [-0.4, -0.2) is 10.8 Å². The molecule has 1 aliphatic rings. The molecule has 0 spiro atoms. The molecule has 1 aromatic heterocycles. The normalized spacial score (nSPS) is 22.3. The molecule has 1 fully saturated rings. The molecule has 1 aliphatic carbocycles. The molecule has 0 saturated heterocycles. The summed E-state index contributed by atoms with van der Waals surface area (Å²) in [4.78, 5) is 15.8. The van der Waals surface area contributed by atoms with Gasteiger partial charge in [0.05, 0.1) is 11.6 Å². The van der Waals surface area contributed by atoms with Gasteiger partial charge in [0.15, 0.2) is 0 Å². The van der Waals surface area contributed by atoms with Gasteiger partial charge in [0.1, 0.15) is 5.78 Å². The average Bonchev–Trinajstić information content (AvgIpc) is 2.18. The second kappa shape index (κ2) is 3.78. The van der Waals surface area contributed by atoms with Crippen LogP contribution < -0.4 is 5.73 Å². The first-order valence-corrected chi connectivity index (χ1v) is 5.01. The third kappa shape index (κ3) is 1.76. The highest BCUT2D eigenvalue weighted by Crippen LogP contribution is 2.29. The van der Waals surface area contributed by atoms with E-state index < -0.39 is 0 Å². The second-order valence-corrected chi connectivity index (χ2v) is 3.78. The maximum absolute atomic E-state index is 11.6. The van der Waals surface area contributed by atoms with Gasteiger partial charge in [-0.3, -0.25) is 9.78 Å². The third-order valence-electron chi connectivity index (χ3n) is 2.72. The van der Waals surface area contributed by atoms with Gasteiger partial charge in [-0.1, -0.05) is 6.42 Å². The lowest BCUT2D eigenvalue weighted by molar-refractivity contribution is -0.121. The summed E-state index contributed by atoms with van der Waals surface area (Å²) in [7, 11) is 0. The number of hydrogen-bond acceptors (Lipinski definition) is 3. The number of rotatable bonds is 1. The molecule has 1 heterocycles. The maximum Gasteiger partial charge on any atom is 0.141 e. The Kier molecular flexibility index (Phi) is 2.48. The van der Waals surface area contributed by atoms with Gasteiger partial charge in [0, 0.05) is 18.3 Å². The Morgan fingerprint density at radius 3 is 3.00 bits per heavy atom. The molecule has 0 bridgehead atoms. The van der Waals surface area contributed by atoms with Crippen LogP contribution in [0.1, 0.15) is 37.3 Å². The Balaban J connectivity index is 2.24. The van der Waals surface area contributed by atoms with Gasteiger partial charge in [0.25, 0.3) is 0 Å². The number of Topliss-reactive ketones (excluding diaryl/α,β-unsaturated/α-hetero) is 1. The Bertz CT molecular complexity index is 349. The first-order valence-electron chi connectivity index (χ1n) is 5.01. The fourth-order valence-electron chi connectivity index (χ4n) is 1.95. The van der Waals surface area contributed by atoms with Crippen LogP contribution in [0, 0.1) is 0 Å². The molecule has 2 N–H and O–H groups in total. The van der Waals surface area contributed by atoms with Gasteiger partial charge in [-0.15, -0.1) is 0 Å². The van der Waals surface area contributed by atoms with Crippen molar-refractivity contribution in [3.63, 3.8) is 0 Å². The standard InChI is InChI=1S/C11H14N2O/c12-8-5-6-13-10(7-8)9-3-1-2-4-11(9)14/h5-7,9H,1-4H2,(H2,12,13). The summed E-state index contributed by atoms with van der Waals surface area (Å²) in [6.45, 7) is 0. The molecule has 1 saturated carbocycles. The molecule has 3 nitrogen and oxygen atoms in total. The number of nitrogens with zero attached hydrogens (tertiary/aromatic N) is 1. The summed E-state index contributed by atoms with van der Waals surface area (Å²) < 4.78 is 0. The molecule has 1 aromatic rings. The molecule has 0 radical (unpaired) electrons. The van der Waals surface area contributed by atoms with E-state index in [1.54, 1.807) is 12.3 Å². The van der Waals surface area contributed by atoms with E-state index in [1.807, 2.05) is 6.07 Å². The van der Waals surface area contributed by atoms with E-state index in [-0.39, 0.29) is 5.92 Å². The molecule has 1 unspecified atom stereocenters. The Morgan fingerprint density at radius 2 is 2.29 bits per heavy atom. The summed E-state index contributed by atoms with van der Waals surface area (Å²) in [6.07, 6.45) is 5.44. The topological polar surface area (TPSA) is 56.0 Å². The lowest BCUT2D eigenvalue weighted by atomic mass is 9.85. The lowest BCUT2D eigenvalue weighted by Crippen LogP contribution is -2.18. The number of nitrogen functional groups attached to an aromatic ring is 1. The van der Waals surface area contributed by atoms with Gasteiger partial charge in [-0.25, -0.2) is 0 Å². The SMILES string of the molecule is Nc1ccnc(C2CCCCC2=O)c1. The highest BCUT2D eigenvalue weighted by Gasteiger charge is 2.24. The van der Waals surface area contributed by atoms with Gasteiger partial charge in [0.2, 0.25) is 0 Å². The molecule has 3 heteroatoms. The average molecular weight is 190 g/mol. The fraction of sp³-hybridized carbons (Fsp3) is 0.455. The summed E-state index contributed by atoms with van der Waals surface area (Å²) in [5.41, 5.74) is 7.19. The van der Waals surface area contributed by atoms with E-state index in [9.17, 15) is 4.79 Å². The van der Waals surface area contributed by atoms with Gasteiger partial charge >= 0.3 is 0 Å². The van der Waals surface area contributed by atoms with E-state index in [4.69, 9.17) is 5.73 Å². The van der Waals surface area contributed by atoms with Crippen LogP contribution in [0.2, 0.25) is 0 Å². The van der Waals surface area contributed by atoms with Crippen LogP contribution in [0.15, 0.2) is 18.3 Å². The number of carbonyl (C=O) groups excluding carboxylic acids is 1. The molecule has 0 aliphatic heterocycles. The minimum atomic E-state index is -0.00718. The first kappa shape index (κ1) is 9.19. The van der Waals surface area contributed by atoms with Crippen LogP contribution >= 0.6 is 0 Å². The quantitative estimate of drug-likeness (QED) is 0.735. The van der Waals surface area contributed by atoms with Gasteiger partial charge in [-0.2, -0.15) is 0 Å². The minimum Gasteiger partial charge on any atom is -0.399 e. The zero-order chi connectivity index (χ0) is 9.97. The Morgan fingerprint density at radius 1 is 1.43 bits per heavy atom. The zero-order valence-electron chi connectivity index (χ0n) is 8.07. The number of nitrogens with two attached hydrogens (primary N) is 1. The first-order chi connectivity index (χ1) is 6.77. The molecule has 0 amide bonds. The monoisotopic (exact) mass is 190 g/mol. The number of ketones is 1. The van der Waals surface area contributed by atoms with Crippen molar-refractivity contribution in [2.45, 2.75) is 31.6 Å². The largest absolute Gasteiger partial charge is 0.399 e. The summed E-state index contributed by atoms with van der Waals surface area (Å²) in [5, 5.41) is 0. The van der Waals surface area contributed by atoms with Crippen LogP contribution in [-0.2, 0) is 4.79 Å². The molecule has 2 rings (SSSR count). The van der Waals surface area contributed by atoms with Crippen LogP contribution in [0.3, 0.4) is 0 Å². The van der Waals surface area contributed by atoms with E-state index in [0.29, 0.717) is 17.9 Å². The summed E-state index contributed by atoms with van der Waals surface area (Å²) in [5.74, 6) is 0.307. The maximum atomic E-state index is 11.6. The van der Waals surface area contributed by atoms with Crippen LogP contribution in [0.25, 0.3) is 0 Å². The Hall–Kier alpha value is -1.38. The molecule has 1 atom stereocenters. The number of carbonyl (C=O) groups is 1. The van der Waals surface area contributed by atoms with Gasteiger partial charge < -0.3 is 5.73 Å². The highest BCUT2D eigenvalue weighted by molar-refractivity contribution is 5.86. The molecule has 0 aromatic carbocycles. The lowest BCUT2D eigenvalue weighted by Gasteiger charge is -2.19. The van der Waals surface area contributed by atoms with Crippen LogP contribution in [0.5, 0.6) is 0 Å². The number of aromatic nitrogens is 1. The van der Waals surface area contributed by atoms with E-state index in [0.717, 1.165) is 25.0 Å². The van der Waals surface area contributed by atoms with Gasteiger partial charge in [-0.05, 0) is 25.0 Å². The van der Waals surface area contributed by atoms with Crippen molar-refractivity contribution in [2.75, 3.05) is 5.73 Å². The highest BCUT2D eigenvalue weighted by atomic mass is 16.1. The van der Waals surface area contributed by atoms with E-state index >= 15 is 0 Å². The fourth-order valence-corrected chi connectivity index (χ4v) is 1.95. The van der Waals surface area contributed by atoms with E-state index in [2.05, 4.69) is 4.98 Å². The molecule has 74 valence electrons. The van der Waals surface area contributed by atoms with E-state index in [1.165, 1.54) is 0 Å². The van der Waals surface area contributed by atoms with Crippen molar-refractivity contribution in [2.24, 2.45) is 0 Å². The second-order valence-electron chi connectivity index (χ2n) is 3.78. The van der Waals surface area contributed by atoms with Crippen LogP contribution in [0.4, 0.5) is 5.69 Å². The van der Waals surface area contributed by atoms with Crippen molar-refractivity contribution < 1.29 is 4.79 Å². The van der Waals surface area contributed by atoms with Crippen molar-refractivity contribution in [1.82, 2.24) is 4.98 Å². The summed E-state index contributed by atoms with van der Waals surface area (Å²) in [6, 6.07) is 3.56. The van der Waals surface area contributed by atoms with Crippen molar-refractivity contribution in [3.05, 3.63) is 24.0 Å². The zero-order valence-corrected chi connectivity index (χ0v) is 8.07. The van der Waals surface area contributed by atoms with Crippen molar-refractivity contribution >= 4 is 11.5 Å². The third-order valence-corrected chi connectivity index (χ3v) is 2.72. The number of anilines is 1. The van der Waals surface area contributed by atoms with Crippen molar-refractivity contribution in [3.8, 4) is 0 Å². The predicted octanol–water partition coefficient (Wildman–Crippen LogP) is 1.89. The van der Waals surface area contributed by atoms with Crippen molar-refractivity contribution in [1.29, 1.82) is 0 Å². The number of hydrogen-bond donors (Lipinski definition) is 1. The Labute approximate surface area is 83.3 Å². The molecular weight excluding hydrogens is 176 g/mol. The molecular formula is C11H14N2O. The molecule has 14 heavy (non-hydrogen) atoms. The minimum absolute atomic E-state index is 0.00718. The predicted molar refractivity (Wildman–Crippen MR) is 54.9 cm³/mol. The summed E-state index contributed by atoms with van der Waals surface area (Å²) >= 11 is 0. The number of pyridine rings is 1.